The van der Waals surface area contributed by atoms with Crippen LogP contribution >= 0.6 is 11.3 Å². The number of hydrogen-bond donors (Lipinski definition) is 3. The highest BCUT2D eigenvalue weighted by Crippen LogP contribution is 2.22. The maximum absolute atomic E-state index is 12.0. The van der Waals surface area contributed by atoms with Crippen molar-refractivity contribution in [3.05, 3.63) is 58.3 Å². The molecule has 1 heterocycles. The van der Waals surface area contributed by atoms with Crippen molar-refractivity contribution in [3.63, 3.8) is 0 Å². The molecular formula is C18H24N3O2S+. The van der Waals surface area contributed by atoms with Crippen molar-refractivity contribution in [1.82, 2.24) is 10.6 Å². The van der Waals surface area contributed by atoms with Gasteiger partial charge in [0.1, 0.15) is 6.04 Å². The third kappa shape index (κ3) is 5.47. The number of nitrogens with two attached hydrogens (primary N) is 1. The Labute approximate surface area is 146 Å². The number of thiophene rings is 1. The molecule has 0 spiro atoms. The van der Waals surface area contributed by atoms with Gasteiger partial charge in [0.15, 0.2) is 6.54 Å². The fourth-order valence-electron chi connectivity index (χ4n) is 2.31. The van der Waals surface area contributed by atoms with Gasteiger partial charge in [-0.15, -0.1) is 11.3 Å². The lowest BCUT2D eigenvalue weighted by Crippen LogP contribution is -2.87. The van der Waals surface area contributed by atoms with Gasteiger partial charge in [0.25, 0.3) is 5.91 Å². The molecule has 0 aliphatic heterocycles. The number of nitrogens with one attached hydrogen (secondary N) is 2. The van der Waals surface area contributed by atoms with Gasteiger partial charge in [-0.3, -0.25) is 10.1 Å². The minimum atomic E-state index is -0.435. The summed E-state index contributed by atoms with van der Waals surface area (Å²) in [5, 5.41) is 9.08. The Morgan fingerprint density at radius 3 is 2.54 bits per heavy atom. The molecule has 128 valence electrons. The fourth-order valence-corrected chi connectivity index (χ4v) is 3.16. The summed E-state index contributed by atoms with van der Waals surface area (Å²) in [6.07, 6.45) is 0.822. The maximum Gasteiger partial charge on any atom is 0.321 e. The number of imide groups is 1. The number of amides is 3. The lowest BCUT2D eigenvalue weighted by atomic mass is 10.1. The van der Waals surface area contributed by atoms with Crippen LogP contribution in [0.4, 0.5) is 4.79 Å². The monoisotopic (exact) mass is 346 g/mol. The second-order valence-electron chi connectivity index (χ2n) is 5.67. The molecule has 6 heteroatoms. The van der Waals surface area contributed by atoms with Crippen LogP contribution in [0.2, 0.25) is 0 Å². The van der Waals surface area contributed by atoms with E-state index in [0.29, 0.717) is 0 Å². The Balaban J connectivity index is 1.94. The van der Waals surface area contributed by atoms with Crippen molar-refractivity contribution in [1.29, 1.82) is 0 Å². The van der Waals surface area contributed by atoms with E-state index < -0.39 is 6.03 Å². The van der Waals surface area contributed by atoms with Crippen molar-refractivity contribution in [2.24, 2.45) is 0 Å². The van der Waals surface area contributed by atoms with Gasteiger partial charge in [-0.2, -0.15) is 0 Å². The molecule has 24 heavy (non-hydrogen) atoms. The first-order valence-corrected chi connectivity index (χ1v) is 9.00. The first-order valence-electron chi connectivity index (χ1n) is 8.12. The average molecular weight is 346 g/mol. The highest BCUT2D eigenvalue weighted by atomic mass is 32.1. The summed E-state index contributed by atoms with van der Waals surface area (Å²) < 4.78 is 0. The van der Waals surface area contributed by atoms with Crippen LogP contribution in [0.15, 0.2) is 47.8 Å². The molecule has 2 atom stereocenters. The zero-order valence-corrected chi connectivity index (χ0v) is 14.8. The van der Waals surface area contributed by atoms with Crippen LogP contribution in [0.25, 0.3) is 0 Å². The molecule has 0 saturated carbocycles. The van der Waals surface area contributed by atoms with Gasteiger partial charge < -0.3 is 10.6 Å². The second-order valence-corrected chi connectivity index (χ2v) is 6.65. The fraction of sp³-hybridized carbons (Fsp3) is 0.333. The molecule has 5 nitrogen and oxygen atoms in total. The van der Waals surface area contributed by atoms with Crippen molar-refractivity contribution in [2.45, 2.75) is 32.4 Å². The van der Waals surface area contributed by atoms with E-state index in [1.165, 1.54) is 4.88 Å². The van der Waals surface area contributed by atoms with Crippen LogP contribution in [0.5, 0.6) is 0 Å². The maximum atomic E-state index is 12.0. The Morgan fingerprint density at radius 2 is 1.92 bits per heavy atom. The van der Waals surface area contributed by atoms with Crippen LogP contribution in [0, 0.1) is 0 Å². The van der Waals surface area contributed by atoms with Gasteiger partial charge in [-0.05, 0) is 24.8 Å². The van der Waals surface area contributed by atoms with E-state index in [9.17, 15) is 9.59 Å². The molecular weight excluding hydrogens is 322 g/mol. The zero-order valence-electron chi connectivity index (χ0n) is 14.0. The highest BCUT2D eigenvalue weighted by Gasteiger charge is 2.20. The van der Waals surface area contributed by atoms with Crippen molar-refractivity contribution >= 4 is 23.3 Å². The second kappa shape index (κ2) is 9.20. The van der Waals surface area contributed by atoms with Gasteiger partial charge in [0.2, 0.25) is 0 Å². The first kappa shape index (κ1) is 18.2. The molecule has 2 rings (SSSR count). The van der Waals surface area contributed by atoms with E-state index in [1.54, 1.807) is 11.3 Å². The minimum Gasteiger partial charge on any atom is -0.335 e. The highest BCUT2D eigenvalue weighted by molar-refractivity contribution is 7.10. The minimum absolute atomic E-state index is 0.0463. The van der Waals surface area contributed by atoms with Gasteiger partial charge in [-0.1, -0.05) is 43.3 Å². The molecule has 0 bridgehead atoms. The number of benzene rings is 1. The number of carbonyl (C=O) groups is 2. The first-order chi connectivity index (χ1) is 11.6. The summed E-state index contributed by atoms with van der Waals surface area (Å²) in [4.78, 5) is 24.9. The lowest BCUT2D eigenvalue weighted by molar-refractivity contribution is -0.676. The van der Waals surface area contributed by atoms with E-state index in [1.807, 2.05) is 48.8 Å². The van der Waals surface area contributed by atoms with E-state index in [0.717, 1.165) is 12.0 Å². The summed E-state index contributed by atoms with van der Waals surface area (Å²) in [6, 6.07) is 13.8. The summed E-state index contributed by atoms with van der Waals surface area (Å²) in [7, 11) is 0. The van der Waals surface area contributed by atoms with Crippen LogP contribution in [-0.4, -0.2) is 24.5 Å². The Morgan fingerprint density at radius 1 is 1.17 bits per heavy atom. The number of hydrogen-bond acceptors (Lipinski definition) is 3. The Bertz CT molecular complexity index is 644. The smallest absolute Gasteiger partial charge is 0.321 e. The number of quaternary nitrogens is 1. The van der Waals surface area contributed by atoms with Gasteiger partial charge in [-0.25, -0.2) is 4.79 Å². The Hall–Kier alpha value is -2.18. The summed E-state index contributed by atoms with van der Waals surface area (Å²) in [5.41, 5.74) is 1.14. The average Bonchev–Trinajstić information content (AvgIpc) is 3.10. The predicted octanol–water partition coefficient (Wildman–Crippen LogP) is 2.03. The van der Waals surface area contributed by atoms with Crippen LogP contribution in [-0.2, 0) is 4.79 Å². The quantitative estimate of drug-likeness (QED) is 0.717. The summed E-state index contributed by atoms with van der Waals surface area (Å²) in [5.74, 6) is -0.298. The van der Waals surface area contributed by atoms with Gasteiger partial charge in [0.05, 0.1) is 4.88 Å². The van der Waals surface area contributed by atoms with E-state index in [4.69, 9.17) is 0 Å². The molecule has 2 aromatic rings. The predicted molar refractivity (Wildman–Crippen MR) is 95.8 cm³/mol. The summed E-state index contributed by atoms with van der Waals surface area (Å²) >= 11 is 1.66. The molecule has 1 aromatic heterocycles. The van der Waals surface area contributed by atoms with E-state index in [2.05, 4.69) is 28.8 Å². The number of rotatable bonds is 7. The molecule has 3 amide bonds. The lowest BCUT2D eigenvalue weighted by Gasteiger charge is -2.15. The van der Waals surface area contributed by atoms with Crippen LogP contribution in [0.1, 0.15) is 36.8 Å². The summed E-state index contributed by atoms with van der Waals surface area (Å²) in [6.45, 7) is 4.07. The Kier molecular flexibility index (Phi) is 6.96. The number of urea groups is 1. The van der Waals surface area contributed by atoms with Crippen molar-refractivity contribution in [3.8, 4) is 0 Å². The normalized spacial score (nSPS) is 13.1. The zero-order chi connectivity index (χ0) is 17.4. The molecule has 0 unspecified atom stereocenters. The molecule has 0 fully saturated rings. The number of carbonyl (C=O) groups excluding carboxylic acids is 2. The van der Waals surface area contributed by atoms with Crippen molar-refractivity contribution < 1.29 is 14.9 Å². The molecule has 1 aromatic carbocycles. The SMILES string of the molecule is CC[C@@H](C)NC(=O)NC(=O)C[NH2+][C@H](c1ccccc1)c1cccs1. The van der Waals surface area contributed by atoms with E-state index >= 15 is 0 Å². The van der Waals surface area contributed by atoms with Gasteiger partial charge >= 0.3 is 6.03 Å². The topological polar surface area (TPSA) is 74.8 Å². The van der Waals surface area contributed by atoms with Gasteiger partial charge in [0, 0.05) is 11.6 Å². The molecule has 4 N–H and O–H groups in total. The molecule has 0 saturated heterocycles. The third-order valence-corrected chi connectivity index (χ3v) is 4.75. The van der Waals surface area contributed by atoms with E-state index in [-0.39, 0.29) is 24.5 Å². The third-order valence-electron chi connectivity index (χ3n) is 3.79. The van der Waals surface area contributed by atoms with Crippen LogP contribution < -0.4 is 16.0 Å². The molecule has 0 radical (unpaired) electrons. The standard InChI is InChI=1S/C18H23N3O2S/c1-3-13(2)20-18(23)21-16(22)12-19-17(15-10-7-11-24-15)14-8-5-4-6-9-14/h4-11,13,17,19H,3,12H2,1-2H3,(H2,20,21,22,23)/p+1/t13-,17-/m1/s1. The van der Waals surface area contributed by atoms with Crippen LogP contribution in [0.3, 0.4) is 0 Å². The molecule has 0 aliphatic carbocycles. The van der Waals surface area contributed by atoms with Crippen molar-refractivity contribution in [2.75, 3.05) is 6.54 Å². The molecule has 0 aliphatic rings. The largest absolute Gasteiger partial charge is 0.335 e.